The van der Waals surface area contributed by atoms with Gasteiger partial charge in [0.05, 0.1) is 26.8 Å². The quantitative estimate of drug-likeness (QED) is 0.400. The van der Waals surface area contributed by atoms with Crippen molar-refractivity contribution in [2.75, 3.05) is 0 Å². The lowest BCUT2D eigenvalue weighted by molar-refractivity contribution is 0.878. The zero-order chi connectivity index (χ0) is 17.6. The maximum atomic E-state index is 6.16. The van der Waals surface area contributed by atoms with Gasteiger partial charge >= 0.3 is 0 Å². The van der Waals surface area contributed by atoms with Crippen molar-refractivity contribution in [3.05, 3.63) is 75.5 Å². The molecule has 6 heteroatoms. The number of benzene rings is 2. The fraction of sp³-hybridized carbons (Fsp3) is 0.0526. The summed E-state index contributed by atoms with van der Waals surface area (Å²) in [7, 11) is 0. The van der Waals surface area contributed by atoms with Crippen molar-refractivity contribution >= 4 is 45.8 Å². The van der Waals surface area contributed by atoms with Gasteiger partial charge in [0.25, 0.3) is 0 Å². The fourth-order valence-electron chi connectivity index (χ4n) is 2.88. The topological polar surface area (TPSA) is 30.7 Å². The van der Waals surface area contributed by atoms with Crippen molar-refractivity contribution in [2.45, 2.75) is 6.92 Å². The number of halogens is 3. The molecule has 0 aliphatic carbocycles. The van der Waals surface area contributed by atoms with E-state index in [4.69, 9.17) is 34.8 Å². The van der Waals surface area contributed by atoms with Crippen LogP contribution in [0.2, 0.25) is 15.1 Å². The lowest BCUT2D eigenvalue weighted by Crippen LogP contribution is -1.97. The summed E-state index contributed by atoms with van der Waals surface area (Å²) in [5, 5.41) is 7.35. The first kappa shape index (κ1) is 16.4. The summed E-state index contributed by atoms with van der Waals surface area (Å²) in [5.41, 5.74) is 4.59. The van der Waals surface area contributed by atoms with E-state index in [1.807, 2.05) is 43.3 Å². The van der Waals surface area contributed by atoms with Gasteiger partial charge in [0.2, 0.25) is 0 Å². The standard InChI is InChI=1S/C19H12Cl3N3/c1-11-18-15(12-2-4-13(20)5-3-12)8-9-23-19(18)25(24-11)14-6-7-16(21)17(22)10-14/h2-10H,1H3. The van der Waals surface area contributed by atoms with Crippen LogP contribution < -0.4 is 0 Å². The Kier molecular flexibility index (Phi) is 4.16. The molecule has 2 aromatic carbocycles. The number of hydrogen-bond donors (Lipinski definition) is 0. The molecular formula is C19H12Cl3N3. The lowest BCUT2D eigenvalue weighted by atomic mass is 10.0. The maximum Gasteiger partial charge on any atom is 0.163 e. The number of aryl methyl sites for hydroxylation is 1. The molecule has 4 aromatic rings. The van der Waals surface area contributed by atoms with Gasteiger partial charge in [-0.3, -0.25) is 0 Å². The summed E-state index contributed by atoms with van der Waals surface area (Å²) in [6.07, 6.45) is 1.78. The number of hydrogen-bond acceptors (Lipinski definition) is 2. The molecule has 0 spiro atoms. The number of fused-ring (bicyclic) bond motifs is 1. The van der Waals surface area contributed by atoms with Crippen LogP contribution in [0.1, 0.15) is 5.69 Å². The highest BCUT2D eigenvalue weighted by molar-refractivity contribution is 6.42. The third-order valence-electron chi connectivity index (χ3n) is 4.05. The molecule has 25 heavy (non-hydrogen) atoms. The van der Waals surface area contributed by atoms with E-state index in [1.54, 1.807) is 23.0 Å². The van der Waals surface area contributed by atoms with E-state index < -0.39 is 0 Å². The first-order valence-electron chi connectivity index (χ1n) is 7.60. The Morgan fingerprint density at radius 2 is 1.64 bits per heavy atom. The molecule has 0 aliphatic heterocycles. The van der Waals surface area contributed by atoms with Crippen LogP contribution in [0.25, 0.3) is 27.8 Å². The molecule has 0 N–H and O–H groups in total. The van der Waals surface area contributed by atoms with Crippen molar-refractivity contribution in [1.29, 1.82) is 0 Å². The Balaban J connectivity index is 1.96. The third-order valence-corrected chi connectivity index (χ3v) is 5.04. The Morgan fingerprint density at radius 3 is 2.36 bits per heavy atom. The van der Waals surface area contributed by atoms with Gasteiger partial charge in [-0.15, -0.1) is 0 Å². The van der Waals surface area contributed by atoms with Crippen LogP contribution in [0.15, 0.2) is 54.7 Å². The minimum atomic E-state index is 0.481. The van der Waals surface area contributed by atoms with Crippen molar-refractivity contribution in [1.82, 2.24) is 14.8 Å². The molecule has 0 radical (unpaired) electrons. The second-order valence-corrected chi connectivity index (χ2v) is 6.91. The van der Waals surface area contributed by atoms with Crippen molar-refractivity contribution in [3.63, 3.8) is 0 Å². The third kappa shape index (κ3) is 2.89. The zero-order valence-electron chi connectivity index (χ0n) is 13.2. The summed E-state index contributed by atoms with van der Waals surface area (Å²) in [4.78, 5) is 4.53. The van der Waals surface area contributed by atoms with Gasteiger partial charge < -0.3 is 0 Å². The van der Waals surface area contributed by atoms with Gasteiger partial charge in [-0.2, -0.15) is 5.10 Å². The van der Waals surface area contributed by atoms with E-state index in [9.17, 15) is 0 Å². The van der Waals surface area contributed by atoms with Crippen molar-refractivity contribution in [3.8, 4) is 16.8 Å². The molecule has 0 atom stereocenters. The molecule has 124 valence electrons. The van der Waals surface area contributed by atoms with E-state index in [2.05, 4.69) is 10.1 Å². The van der Waals surface area contributed by atoms with Gasteiger partial charge in [-0.05, 0) is 54.4 Å². The molecule has 3 nitrogen and oxygen atoms in total. The lowest BCUT2D eigenvalue weighted by Gasteiger charge is -2.06. The highest BCUT2D eigenvalue weighted by atomic mass is 35.5. The minimum absolute atomic E-state index is 0.481. The largest absolute Gasteiger partial charge is 0.236 e. The van der Waals surface area contributed by atoms with Crippen LogP contribution in [-0.4, -0.2) is 14.8 Å². The van der Waals surface area contributed by atoms with E-state index in [0.29, 0.717) is 15.1 Å². The van der Waals surface area contributed by atoms with Gasteiger partial charge in [-0.1, -0.05) is 46.9 Å². The molecule has 4 rings (SSSR count). The number of nitrogens with zero attached hydrogens (tertiary/aromatic N) is 3. The molecule has 0 saturated carbocycles. The maximum absolute atomic E-state index is 6.16. The van der Waals surface area contributed by atoms with Crippen LogP contribution in [0.5, 0.6) is 0 Å². The zero-order valence-corrected chi connectivity index (χ0v) is 15.4. The van der Waals surface area contributed by atoms with Crippen LogP contribution in [0.3, 0.4) is 0 Å². The average Bonchev–Trinajstić information content (AvgIpc) is 2.95. The fourth-order valence-corrected chi connectivity index (χ4v) is 3.30. The van der Waals surface area contributed by atoms with Gasteiger partial charge in [0.15, 0.2) is 5.65 Å². The van der Waals surface area contributed by atoms with E-state index in [1.165, 1.54) is 0 Å². The Labute approximate surface area is 159 Å². The number of rotatable bonds is 2. The monoisotopic (exact) mass is 387 g/mol. The smallest absolute Gasteiger partial charge is 0.163 e. The van der Waals surface area contributed by atoms with Crippen LogP contribution in [0.4, 0.5) is 0 Å². The minimum Gasteiger partial charge on any atom is -0.236 e. The predicted octanol–water partition coefficient (Wildman–Crippen LogP) is 6.36. The summed E-state index contributed by atoms with van der Waals surface area (Å²) in [6, 6.07) is 15.1. The van der Waals surface area contributed by atoms with Gasteiger partial charge in [0, 0.05) is 11.2 Å². The number of pyridine rings is 1. The molecule has 0 fully saturated rings. The van der Waals surface area contributed by atoms with Crippen LogP contribution in [0, 0.1) is 6.92 Å². The normalized spacial score (nSPS) is 11.2. The molecule has 0 bridgehead atoms. The summed E-state index contributed by atoms with van der Waals surface area (Å²) >= 11 is 18.2. The van der Waals surface area contributed by atoms with Crippen LogP contribution in [-0.2, 0) is 0 Å². The van der Waals surface area contributed by atoms with E-state index in [0.717, 1.165) is 33.5 Å². The summed E-state index contributed by atoms with van der Waals surface area (Å²) in [5.74, 6) is 0. The average molecular weight is 389 g/mol. The summed E-state index contributed by atoms with van der Waals surface area (Å²) in [6.45, 7) is 1.97. The highest BCUT2D eigenvalue weighted by Crippen LogP contribution is 2.32. The first-order valence-corrected chi connectivity index (χ1v) is 8.73. The predicted molar refractivity (Wildman–Crippen MR) is 104 cm³/mol. The molecule has 2 heterocycles. The molecule has 0 amide bonds. The second-order valence-electron chi connectivity index (χ2n) is 5.66. The molecule has 2 aromatic heterocycles. The van der Waals surface area contributed by atoms with Crippen molar-refractivity contribution in [2.24, 2.45) is 0 Å². The van der Waals surface area contributed by atoms with E-state index in [-0.39, 0.29) is 0 Å². The Morgan fingerprint density at radius 1 is 0.880 bits per heavy atom. The van der Waals surface area contributed by atoms with Crippen LogP contribution >= 0.6 is 34.8 Å². The van der Waals surface area contributed by atoms with E-state index >= 15 is 0 Å². The second kappa shape index (κ2) is 6.34. The van der Waals surface area contributed by atoms with Gasteiger partial charge in [0.1, 0.15) is 0 Å². The molecule has 0 saturated heterocycles. The highest BCUT2D eigenvalue weighted by Gasteiger charge is 2.15. The number of aromatic nitrogens is 3. The SMILES string of the molecule is Cc1nn(-c2ccc(Cl)c(Cl)c2)c2nccc(-c3ccc(Cl)cc3)c12. The van der Waals surface area contributed by atoms with Gasteiger partial charge in [-0.25, -0.2) is 9.67 Å². The van der Waals surface area contributed by atoms with Crippen molar-refractivity contribution < 1.29 is 0 Å². The first-order chi connectivity index (χ1) is 12.0. The molecule has 0 aliphatic rings. The Hall–Kier alpha value is -2.07. The molecular weight excluding hydrogens is 377 g/mol. The summed E-state index contributed by atoms with van der Waals surface area (Å²) < 4.78 is 1.78. The Bertz CT molecular complexity index is 1090. The molecule has 0 unspecified atom stereocenters.